The first kappa shape index (κ1) is 30.1. The van der Waals surface area contributed by atoms with Crippen molar-refractivity contribution in [3.8, 4) is 0 Å². The number of ether oxygens (including phenoxy) is 3. The van der Waals surface area contributed by atoms with Gasteiger partial charge < -0.3 is 24.4 Å². The molecular weight excluding hydrogens is 456 g/mol. The third kappa shape index (κ3) is 15.6. The lowest BCUT2D eigenvalue weighted by atomic mass is 10.1. The number of unbranched alkanes of at least 4 members (excludes halogenated alkanes) is 7. The maximum absolute atomic E-state index is 12.1. The van der Waals surface area contributed by atoms with Gasteiger partial charge in [0.25, 0.3) is 0 Å². The first-order valence-electron chi connectivity index (χ1n) is 12.4. The lowest BCUT2D eigenvalue weighted by Gasteiger charge is -2.07. The largest absolute Gasteiger partial charge is 0.481 e. The first-order valence-corrected chi connectivity index (χ1v) is 12.4. The van der Waals surface area contributed by atoms with Crippen molar-refractivity contribution in [2.75, 3.05) is 26.4 Å². The number of aliphatic hydroxyl groups excluding tert-OH is 1. The molecule has 9 heteroatoms. The normalized spacial score (nSPS) is 10.5. The summed E-state index contributed by atoms with van der Waals surface area (Å²) in [5, 5.41) is 17.3. The maximum atomic E-state index is 12.1. The van der Waals surface area contributed by atoms with Crippen LogP contribution in [0.15, 0.2) is 24.3 Å². The number of carboxylic acid groups (broad SMARTS) is 1. The van der Waals surface area contributed by atoms with Crippen molar-refractivity contribution in [2.45, 2.75) is 77.0 Å². The summed E-state index contributed by atoms with van der Waals surface area (Å²) in [7, 11) is 0. The van der Waals surface area contributed by atoms with E-state index in [-0.39, 0.29) is 32.0 Å². The quantitative estimate of drug-likeness (QED) is 0.154. The summed E-state index contributed by atoms with van der Waals surface area (Å²) in [5.74, 6) is -2.06. The van der Waals surface area contributed by atoms with Gasteiger partial charge in [0.2, 0.25) is 0 Å². The van der Waals surface area contributed by atoms with Crippen LogP contribution in [0.3, 0.4) is 0 Å². The monoisotopic (exact) mass is 494 g/mol. The second kappa shape index (κ2) is 19.4. The standard InChI is InChI=1S/C26H38O9/c27-17-7-1-2-9-19-34-25(31)21-13-15-22(16-14-21)26(32)35-20-10-4-3-8-18-33-24(30)12-6-5-11-23(28)29/h13-16,27H,1-12,17-20H2,(H,28,29). The summed E-state index contributed by atoms with van der Waals surface area (Å²) in [6, 6.07) is 6.16. The summed E-state index contributed by atoms with van der Waals surface area (Å²) in [4.78, 5) is 46.1. The zero-order chi connectivity index (χ0) is 25.7. The highest BCUT2D eigenvalue weighted by Gasteiger charge is 2.11. The van der Waals surface area contributed by atoms with Gasteiger partial charge in [-0.1, -0.05) is 6.42 Å². The molecule has 0 spiro atoms. The molecule has 0 unspecified atom stereocenters. The highest BCUT2D eigenvalue weighted by Crippen LogP contribution is 2.10. The van der Waals surface area contributed by atoms with Crippen LogP contribution >= 0.6 is 0 Å². The van der Waals surface area contributed by atoms with E-state index in [4.69, 9.17) is 24.4 Å². The molecule has 1 rings (SSSR count). The molecule has 0 bridgehead atoms. The van der Waals surface area contributed by atoms with Crippen LogP contribution in [0.5, 0.6) is 0 Å². The zero-order valence-corrected chi connectivity index (χ0v) is 20.4. The van der Waals surface area contributed by atoms with Crippen molar-refractivity contribution >= 4 is 23.9 Å². The van der Waals surface area contributed by atoms with E-state index in [2.05, 4.69) is 0 Å². The van der Waals surface area contributed by atoms with Crippen LogP contribution in [-0.4, -0.2) is 60.5 Å². The fourth-order valence-corrected chi connectivity index (χ4v) is 3.17. The molecule has 0 radical (unpaired) electrons. The zero-order valence-electron chi connectivity index (χ0n) is 20.4. The molecule has 0 amide bonds. The van der Waals surface area contributed by atoms with E-state index < -0.39 is 17.9 Å². The molecule has 0 saturated heterocycles. The lowest BCUT2D eigenvalue weighted by Crippen LogP contribution is -2.09. The average Bonchev–Trinajstić information content (AvgIpc) is 2.85. The van der Waals surface area contributed by atoms with E-state index in [0.717, 1.165) is 44.9 Å². The van der Waals surface area contributed by atoms with Crippen LogP contribution < -0.4 is 0 Å². The number of rotatable bonds is 20. The van der Waals surface area contributed by atoms with Gasteiger partial charge in [-0.2, -0.15) is 0 Å². The third-order valence-electron chi connectivity index (χ3n) is 5.20. The summed E-state index contributed by atoms with van der Waals surface area (Å²) in [6.07, 6.45) is 7.64. The lowest BCUT2D eigenvalue weighted by molar-refractivity contribution is -0.144. The predicted octanol–water partition coefficient (Wildman–Crippen LogP) is 4.30. The van der Waals surface area contributed by atoms with Crippen molar-refractivity contribution < 1.29 is 43.6 Å². The number of carbonyl (C=O) groups is 4. The first-order chi connectivity index (χ1) is 16.9. The van der Waals surface area contributed by atoms with Gasteiger partial charge >= 0.3 is 23.9 Å². The van der Waals surface area contributed by atoms with Gasteiger partial charge in [-0.15, -0.1) is 0 Å². The number of carboxylic acids is 1. The molecule has 9 nitrogen and oxygen atoms in total. The van der Waals surface area contributed by atoms with Gasteiger partial charge in [-0.05, 0) is 82.1 Å². The fraction of sp³-hybridized carbons (Fsp3) is 0.615. The molecular formula is C26H38O9. The molecule has 1 aromatic rings. The third-order valence-corrected chi connectivity index (χ3v) is 5.20. The minimum absolute atomic E-state index is 0.0611. The van der Waals surface area contributed by atoms with Crippen molar-refractivity contribution in [1.82, 2.24) is 0 Å². The van der Waals surface area contributed by atoms with Crippen molar-refractivity contribution in [3.05, 3.63) is 35.4 Å². The molecule has 0 saturated carbocycles. The number of hydrogen-bond acceptors (Lipinski definition) is 8. The van der Waals surface area contributed by atoms with E-state index >= 15 is 0 Å². The Balaban J connectivity index is 2.08. The number of aliphatic carboxylic acids is 1. The Hall–Kier alpha value is -2.94. The van der Waals surface area contributed by atoms with Gasteiger partial charge in [0.1, 0.15) is 0 Å². The highest BCUT2D eigenvalue weighted by atomic mass is 16.5. The maximum Gasteiger partial charge on any atom is 0.338 e. The minimum atomic E-state index is -0.864. The predicted molar refractivity (Wildman–Crippen MR) is 128 cm³/mol. The van der Waals surface area contributed by atoms with E-state index in [0.29, 0.717) is 43.6 Å². The molecule has 1 aromatic carbocycles. The van der Waals surface area contributed by atoms with Gasteiger partial charge in [-0.3, -0.25) is 9.59 Å². The van der Waals surface area contributed by atoms with E-state index in [1.807, 2.05) is 0 Å². The molecule has 0 heterocycles. The second-order valence-electron chi connectivity index (χ2n) is 8.22. The highest BCUT2D eigenvalue weighted by molar-refractivity contribution is 5.93. The Labute approximate surface area is 206 Å². The Kier molecular flexibility index (Phi) is 16.7. The second-order valence-corrected chi connectivity index (χ2v) is 8.22. The minimum Gasteiger partial charge on any atom is -0.481 e. The topological polar surface area (TPSA) is 136 Å². The smallest absolute Gasteiger partial charge is 0.338 e. The van der Waals surface area contributed by atoms with Crippen molar-refractivity contribution in [1.29, 1.82) is 0 Å². The number of esters is 3. The van der Waals surface area contributed by atoms with Gasteiger partial charge in [0.05, 0.1) is 30.9 Å². The molecule has 0 aliphatic heterocycles. The molecule has 0 fully saturated rings. The number of benzene rings is 1. The van der Waals surface area contributed by atoms with Gasteiger partial charge in [0, 0.05) is 19.4 Å². The van der Waals surface area contributed by atoms with E-state index in [1.54, 1.807) is 0 Å². The van der Waals surface area contributed by atoms with Gasteiger partial charge in [0.15, 0.2) is 0 Å². The van der Waals surface area contributed by atoms with E-state index in [1.165, 1.54) is 24.3 Å². The molecule has 0 aromatic heterocycles. The van der Waals surface area contributed by atoms with Gasteiger partial charge in [-0.25, -0.2) is 9.59 Å². The van der Waals surface area contributed by atoms with Crippen molar-refractivity contribution in [3.63, 3.8) is 0 Å². The molecule has 0 atom stereocenters. The van der Waals surface area contributed by atoms with Crippen LogP contribution in [-0.2, 0) is 23.8 Å². The Morgan fingerprint density at radius 1 is 0.571 bits per heavy atom. The van der Waals surface area contributed by atoms with Crippen LogP contribution in [0, 0.1) is 0 Å². The summed E-state index contributed by atoms with van der Waals surface area (Å²) in [6.45, 7) is 1.11. The Morgan fingerprint density at radius 3 is 1.46 bits per heavy atom. The summed E-state index contributed by atoms with van der Waals surface area (Å²) < 4.78 is 15.6. The fourth-order valence-electron chi connectivity index (χ4n) is 3.17. The molecule has 35 heavy (non-hydrogen) atoms. The van der Waals surface area contributed by atoms with E-state index in [9.17, 15) is 19.2 Å². The molecule has 0 aliphatic carbocycles. The van der Waals surface area contributed by atoms with Crippen molar-refractivity contribution in [2.24, 2.45) is 0 Å². The Bertz CT molecular complexity index is 759. The summed E-state index contributed by atoms with van der Waals surface area (Å²) >= 11 is 0. The van der Waals surface area contributed by atoms with Crippen LogP contribution in [0.1, 0.15) is 97.8 Å². The Morgan fingerprint density at radius 2 is 1.00 bits per heavy atom. The number of aliphatic hydroxyl groups is 1. The molecule has 196 valence electrons. The number of hydrogen-bond donors (Lipinski definition) is 2. The van der Waals surface area contributed by atoms with Crippen LogP contribution in [0.2, 0.25) is 0 Å². The average molecular weight is 495 g/mol. The SMILES string of the molecule is O=C(O)CCCCC(=O)OCCCCCCOC(=O)c1ccc(C(=O)OCCCCCCO)cc1. The molecule has 2 N–H and O–H groups in total. The molecule has 0 aliphatic rings. The summed E-state index contributed by atoms with van der Waals surface area (Å²) in [5.41, 5.74) is 0.735. The van der Waals surface area contributed by atoms with Crippen LogP contribution in [0.4, 0.5) is 0 Å². The van der Waals surface area contributed by atoms with Crippen LogP contribution in [0.25, 0.3) is 0 Å². The number of carbonyl (C=O) groups excluding carboxylic acids is 3.